The first-order chi connectivity index (χ1) is 7.99. The van der Waals surface area contributed by atoms with Crippen LogP contribution in [0.25, 0.3) is 16.6 Å². The van der Waals surface area contributed by atoms with Crippen LogP contribution >= 0.6 is 11.6 Å². The number of aromatic nitrogens is 2. The van der Waals surface area contributed by atoms with Crippen molar-refractivity contribution in [2.75, 3.05) is 0 Å². The molecule has 2 nitrogen and oxygen atoms in total. The van der Waals surface area contributed by atoms with Gasteiger partial charge in [0.1, 0.15) is 0 Å². The van der Waals surface area contributed by atoms with Crippen LogP contribution < -0.4 is 0 Å². The lowest BCUT2D eigenvalue weighted by molar-refractivity contribution is 0.822. The van der Waals surface area contributed by atoms with Gasteiger partial charge in [0.2, 0.25) is 0 Å². The van der Waals surface area contributed by atoms with Gasteiger partial charge in [-0.05, 0) is 30.5 Å². The minimum atomic E-state index is 0.278. The molecule has 88 valence electrons. The van der Waals surface area contributed by atoms with Crippen molar-refractivity contribution in [1.29, 1.82) is 0 Å². The van der Waals surface area contributed by atoms with Crippen LogP contribution in [0.1, 0.15) is 37.9 Å². The van der Waals surface area contributed by atoms with Gasteiger partial charge in [0.25, 0.3) is 0 Å². The largest absolute Gasteiger partial charge is 0.248 e. The molecule has 0 spiro atoms. The fourth-order valence-electron chi connectivity index (χ4n) is 1.68. The first-order valence-electron chi connectivity index (χ1n) is 5.62. The third kappa shape index (κ3) is 2.32. The molecule has 0 N–H and O–H groups in total. The Morgan fingerprint density at radius 2 is 1.94 bits per heavy atom. The predicted octanol–water partition coefficient (Wildman–Crippen LogP) is 4.44. The number of allylic oxidation sites excluding steroid dienone is 1. The zero-order chi connectivity index (χ0) is 12.6. The molecule has 0 fully saturated rings. The highest BCUT2D eigenvalue weighted by Crippen LogP contribution is 2.25. The van der Waals surface area contributed by atoms with E-state index in [1.807, 2.05) is 25.1 Å². The van der Waals surface area contributed by atoms with Crippen molar-refractivity contribution in [3.05, 3.63) is 41.2 Å². The topological polar surface area (TPSA) is 25.8 Å². The summed E-state index contributed by atoms with van der Waals surface area (Å²) in [5.74, 6) is 0.278. The Kier molecular flexibility index (Phi) is 3.16. The smallest absolute Gasteiger partial charge is 0.151 e. The van der Waals surface area contributed by atoms with E-state index >= 15 is 0 Å². The molecular weight excluding hydrogens is 232 g/mol. The second-order valence-corrected chi connectivity index (χ2v) is 4.90. The van der Waals surface area contributed by atoms with E-state index < -0.39 is 0 Å². The molecule has 0 saturated heterocycles. The Labute approximate surface area is 106 Å². The number of halogens is 1. The van der Waals surface area contributed by atoms with E-state index in [0.717, 1.165) is 27.9 Å². The standard InChI is InChI=1S/C14H15ClN2/c1-8(2)10-5-6-11-12(7-10)17-14(15)13(16-11)9(3)4/h5-7,9H,1H2,2-4H3. The van der Waals surface area contributed by atoms with Crippen molar-refractivity contribution in [2.45, 2.75) is 26.7 Å². The molecule has 1 heterocycles. The van der Waals surface area contributed by atoms with E-state index in [1.165, 1.54) is 0 Å². The molecule has 0 saturated carbocycles. The number of benzene rings is 1. The maximum atomic E-state index is 6.13. The van der Waals surface area contributed by atoms with E-state index in [2.05, 4.69) is 30.4 Å². The highest BCUT2D eigenvalue weighted by atomic mass is 35.5. The minimum absolute atomic E-state index is 0.278. The summed E-state index contributed by atoms with van der Waals surface area (Å²) >= 11 is 6.13. The molecule has 17 heavy (non-hydrogen) atoms. The summed E-state index contributed by atoms with van der Waals surface area (Å²) in [5, 5.41) is 0.492. The van der Waals surface area contributed by atoms with E-state index in [4.69, 9.17) is 11.6 Å². The SMILES string of the molecule is C=C(C)c1ccc2nc(C(C)C)c(Cl)nc2c1. The van der Waals surface area contributed by atoms with Gasteiger partial charge >= 0.3 is 0 Å². The predicted molar refractivity (Wildman–Crippen MR) is 73.3 cm³/mol. The lowest BCUT2D eigenvalue weighted by Crippen LogP contribution is -1.98. The van der Waals surface area contributed by atoms with Gasteiger partial charge in [-0.25, -0.2) is 9.97 Å². The van der Waals surface area contributed by atoms with Crippen LogP contribution in [0.5, 0.6) is 0 Å². The van der Waals surface area contributed by atoms with E-state index in [9.17, 15) is 0 Å². The Balaban J connectivity index is 2.66. The van der Waals surface area contributed by atoms with Crippen LogP contribution in [-0.2, 0) is 0 Å². The number of rotatable bonds is 2. The molecule has 0 atom stereocenters. The fraction of sp³-hybridized carbons (Fsp3) is 0.286. The molecule has 0 aliphatic rings. The first kappa shape index (κ1) is 12.1. The van der Waals surface area contributed by atoms with Crippen molar-refractivity contribution in [3.63, 3.8) is 0 Å². The van der Waals surface area contributed by atoms with Crippen LogP contribution in [-0.4, -0.2) is 9.97 Å². The Hall–Kier alpha value is -1.41. The molecule has 1 aromatic heterocycles. The lowest BCUT2D eigenvalue weighted by Gasteiger charge is -2.08. The van der Waals surface area contributed by atoms with Crippen molar-refractivity contribution < 1.29 is 0 Å². The molecule has 0 unspecified atom stereocenters. The third-order valence-corrected chi connectivity index (χ3v) is 2.96. The molecule has 0 aliphatic heterocycles. The Bertz CT molecular complexity index is 588. The maximum Gasteiger partial charge on any atom is 0.151 e. The summed E-state index contributed by atoms with van der Waals surface area (Å²) in [6.07, 6.45) is 0. The van der Waals surface area contributed by atoms with Crippen LogP contribution in [0.15, 0.2) is 24.8 Å². The van der Waals surface area contributed by atoms with Crippen molar-refractivity contribution in [3.8, 4) is 0 Å². The van der Waals surface area contributed by atoms with Gasteiger partial charge in [-0.2, -0.15) is 0 Å². The van der Waals surface area contributed by atoms with Crippen molar-refractivity contribution in [1.82, 2.24) is 9.97 Å². The van der Waals surface area contributed by atoms with Gasteiger partial charge in [-0.1, -0.05) is 43.7 Å². The minimum Gasteiger partial charge on any atom is -0.248 e. The van der Waals surface area contributed by atoms with Crippen molar-refractivity contribution >= 4 is 28.2 Å². The third-order valence-electron chi connectivity index (χ3n) is 2.69. The first-order valence-corrected chi connectivity index (χ1v) is 6.00. The molecule has 1 aromatic carbocycles. The molecule has 3 heteroatoms. The van der Waals surface area contributed by atoms with Crippen LogP contribution in [0.4, 0.5) is 0 Å². The van der Waals surface area contributed by atoms with Gasteiger partial charge < -0.3 is 0 Å². The summed E-state index contributed by atoms with van der Waals surface area (Å²) in [6.45, 7) is 10.0. The summed E-state index contributed by atoms with van der Waals surface area (Å²) in [6, 6.07) is 5.95. The zero-order valence-electron chi connectivity index (χ0n) is 10.3. The molecule has 0 aliphatic carbocycles. The maximum absolute atomic E-state index is 6.13. The molecule has 0 bridgehead atoms. The van der Waals surface area contributed by atoms with Crippen LogP contribution in [0.2, 0.25) is 5.15 Å². The second-order valence-electron chi connectivity index (χ2n) is 4.54. The zero-order valence-corrected chi connectivity index (χ0v) is 11.0. The highest BCUT2D eigenvalue weighted by Gasteiger charge is 2.10. The summed E-state index contributed by atoms with van der Waals surface area (Å²) < 4.78 is 0. The van der Waals surface area contributed by atoms with E-state index in [1.54, 1.807) is 0 Å². The van der Waals surface area contributed by atoms with Gasteiger partial charge in [0.05, 0.1) is 16.7 Å². The number of hydrogen-bond acceptors (Lipinski definition) is 2. The number of nitrogens with zero attached hydrogens (tertiary/aromatic N) is 2. The molecule has 2 rings (SSSR count). The monoisotopic (exact) mass is 246 g/mol. The molecular formula is C14H15ClN2. The summed E-state index contributed by atoms with van der Waals surface area (Å²) in [7, 11) is 0. The average Bonchev–Trinajstić information content (AvgIpc) is 2.26. The Morgan fingerprint density at radius 3 is 2.53 bits per heavy atom. The quantitative estimate of drug-likeness (QED) is 0.783. The van der Waals surface area contributed by atoms with Crippen LogP contribution in [0, 0.1) is 0 Å². The summed E-state index contributed by atoms with van der Waals surface area (Å²) in [5.41, 5.74) is 4.63. The molecule has 2 aromatic rings. The normalized spacial score (nSPS) is 11.1. The number of hydrogen-bond donors (Lipinski definition) is 0. The van der Waals surface area contributed by atoms with Crippen LogP contribution in [0.3, 0.4) is 0 Å². The van der Waals surface area contributed by atoms with E-state index in [-0.39, 0.29) is 5.92 Å². The van der Waals surface area contributed by atoms with Crippen molar-refractivity contribution in [2.24, 2.45) is 0 Å². The van der Waals surface area contributed by atoms with Gasteiger partial charge in [0.15, 0.2) is 5.15 Å². The second kappa shape index (κ2) is 4.46. The lowest BCUT2D eigenvalue weighted by atomic mass is 10.1. The van der Waals surface area contributed by atoms with Gasteiger partial charge in [-0.3, -0.25) is 0 Å². The van der Waals surface area contributed by atoms with Gasteiger partial charge in [-0.15, -0.1) is 0 Å². The molecule has 0 amide bonds. The Morgan fingerprint density at radius 1 is 1.24 bits per heavy atom. The average molecular weight is 247 g/mol. The van der Waals surface area contributed by atoms with E-state index in [0.29, 0.717) is 5.15 Å². The number of fused-ring (bicyclic) bond motifs is 1. The fourth-order valence-corrected chi connectivity index (χ4v) is 2.03. The molecule has 0 radical (unpaired) electrons. The highest BCUT2D eigenvalue weighted by molar-refractivity contribution is 6.30. The summed E-state index contributed by atoms with van der Waals surface area (Å²) in [4.78, 5) is 8.95. The van der Waals surface area contributed by atoms with Gasteiger partial charge in [0, 0.05) is 0 Å².